The van der Waals surface area contributed by atoms with Crippen LogP contribution >= 0.6 is 15.9 Å². The van der Waals surface area contributed by atoms with Gasteiger partial charge < -0.3 is 20.5 Å². The van der Waals surface area contributed by atoms with Gasteiger partial charge in [0.2, 0.25) is 5.95 Å². The van der Waals surface area contributed by atoms with E-state index in [4.69, 9.17) is 4.74 Å². The highest BCUT2D eigenvalue weighted by atomic mass is 79.9. The summed E-state index contributed by atoms with van der Waals surface area (Å²) >= 11 is 3.47. The molecule has 1 unspecified atom stereocenters. The summed E-state index contributed by atoms with van der Waals surface area (Å²) in [6, 6.07) is 17.2. The molecule has 2 aromatic carbocycles. The maximum Gasteiger partial charge on any atom is 0.229 e. The van der Waals surface area contributed by atoms with Gasteiger partial charge in [0, 0.05) is 38.2 Å². The van der Waals surface area contributed by atoms with Crippen molar-refractivity contribution >= 4 is 39.1 Å². The van der Waals surface area contributed by atoms with Crippen LogP contribution < -0.4 is 20.8 Å². The first-order valence-corrected chi connectivity index (χ1v) is 10.2. The molecule has 0 bridgehead atoms. The zero-order valence-corrected chi connectivity index (χ0v) is 18.4. The smallest absolute Gasteiger partial charge is 0.229 e. The Morgan fingerprint density at radius 3 is 2.43 bits per heavy atom. The second-order valence-electron chi connectivity index (χ2n) is 6.75. The van der Waals surface area contributed by atoms with Crippen LogP contribution in [0.5, 0.6) is 5.75 Å². The number of nitrogens with one attached hydrogen (secondary N) is 3. The number of halogens is 1. The fraction of sp³-hybridized carbons (Fsp3) is 0.238. The van der Waals surface area contributed by atoms with Crippen LogP contribution in [-0.4, -0.2) is 53.4 Å². The molecule has 158 valence electrons. The number of hydrogen-bond acceptors (Lipinski definition) is 8. The minimum atomic E-state index is -0.600. The Balaban J connectivity index is 1.57. The summed E-state index contributed by atoms with van der Waals surface area (Å²) in [5.74, 6) is 1.81. The van der Waals surface area contributed by atoms with Gasteiger partial charge in [-0.3, -0.25) is 10.4 Å². The molecule has 0 radical (unpaired) electrons. The summed E-state index contributed by atoms with van der Waals surface area (Å²) < 4.78 is 6.39. The molecule has 0 amide bonds. The summed E-state index contributed by atoms with van der Waals surface area (Å²) in [4.78, 5) is 8.83. The number of rotatable bonds is 10. The van der Waals surface area contributed by atoms with E-state index in [-0.39, 0.29) is 6.61 Å². The lowest BCUT2D eigenvalue weighted by Crippen LogP contribution is -2.39. The topological polar surface area (TPSA) is 94.6 Å². The lowest BCUT2D eigenvalue weighted by Gasteiger charge is -2.17. The van der Waals surface area contributed by atoms with Crippen molar-refractivity contribution in [2.75, 3.05) is 37.9 Å². The van der Waals surface area contributed by atoms with Crippen LogP contribution in [0.3, 0.4) is 0 Å². The number of nitrogens with zero attached hydrogens (tertiary/aromatic N) is 3. The van der Waals surface area contributed by atoms with E-state index in [1.807, 2.05) is 68.7 Å². The quantitative estimate of drug-likeness (QED) is 0.333. The van der Waals surface area contributed by atoms with E-state index >= 15 is 0 Å². The molecule has 0 aliphatic rings. The number of hydrogen-bond donors (Lipinski definition) is 4. The van der Waals surface area contributed by atoms with Gasteiger partial charge in [-0.05, 0) is 52.3 Å². The van der Waals surface area contributed by atoms with Crippen molar-refractivity contribution in [2.24, 2.45) is 0 Å². The maximum absolute atomic E-state index is 9.91. The highest BCUT2D eigenvalue weighted by Gasteiger charge is 2.08. The summed E-state index contributed by atoms with van der Waals surface area (Å²) in [6.07, 6.45) is 1.10. The van der Waals surface area contributed by atoms with Crippen LogP contribution in [0.25, 0.3) is 0 Å². The van der Waals surface area contributed by atoms with E-state index in [2.05, 4.69) is 42.0 Å². The molecule has 0 aliphatic heterocycles. The largest absolute Gasteiger partial charge is 0.491 e. The van der Waals surface area contributed by atoms with Gasteiger partial charge in [-0.1, -0.05) is 18.2 Å². The van der Waals surface area contributed by atoms with Gasteiger partial charge in [0.1, 0.15) is 24.3 Å². The predicted molar refractivity (Wildman–Crippen MR) is 122 cm³/mol. The molecule has 30 heavy (non-hydrogen) atoms. The molecule has 3 aromatic rings. The maximum atomic E-state index is 9.91. The lowest BCUT2D eigenvalue weighted by molar-refractivity contribution is 0.0884. The monoisotopic (exact) mass is 472 g/mol. The summed E-state index contributed by atoms with van der Waals surface area (Å²) in [6.45, 7) is 0.630. The minimum Gasteiger partial charge on any atom is -0.491 e. The predicted octanol–water partition coefficient (Wildman–Crippen LogP) is 3.53. The standard InChI is InChI=1S/C21H25BrN6O2/c1-28(2)24-12-17(29)14-30-18-10-8-16(9-11-18)26-21-23-13-19(22)20(27-21)25-15-6-4-3-5-7-15/h3-11,13,17,24,29H,12,14H2,1-2H3,(H2,23,25,26,27). The highest BCUT2D eigenvalue weighted by Crippen LogP contribution is 2.25. The number of aliphatic hydroxyl groups excluding tert-OH is 1. The fourth-order valence-corrected chi connectivity index (χ4v) is 2.77. The van der Waals surface area contributed by atoms with Gasteiger partial charge in [-0.25, -0.2) is 4.98 Å². The van der Waals surface area contributed by atoms with Gasteiger partial charge >= 0.3 is 0 Å². The van der Waals surface area contributed by atoms with E-state index in [0.717, 1.165) is 15.8 Å². The van der Waals surface area contributed by atoms with Crippen LogP contribution in [0.15, 0.2) is 65.3 Å². The van der Waals surface area contributed by atoms with Crippen molar-refractivity contribution < 1.29 is 9.84 Å². The van der Waals surface area contributed by atoms with Gasteiger partial charge in [0.25, 0.3) is 0 Å². The zero-order chi connectivity index (χ0) is 21.3. The molecule has 1 atom stereocenters. The van der Waals surface area contributed by atoms with E-state index in [0.29, 0.717) is 24.1 Å². The average molecular weight is 473 g/mol. The lowest BCUT2D eigenvalue weighted by atomic mass is 10.3. The SMILES string of the molecule is CN(C)NCC(O)COc1ccc(Nc2ncc(Br)c(Nc3ccccc3)n2)cc1. The fourth-order valence-electron chi connectivity index (χ4n) is 2.48. The first-order chi connectivity index (χ1) is 14.5. The second-order valence-corrected chi connectivity index (χ2v) is 7.61. The second kappa shape index (κ2) is 10.9. The molecule has 0 spiro atoms. The van der Waals surface area contributed by atoms with Gasteiger partial charge in [-0.15, -0.1) is 0 Å². The number of benzene rings is 2. The molecule has 0 saturated heterocycles. The van der Waals surface area contributed by atoms with Crippen LogP contribution in [0.4, 0.5) is 23.1 Å². The Kier molecular flexibility index (Phi) is 7.97. The van der Waals surface area contributed by atoms with E-state index in [1.165, 1.54) is 0 Å². The van der Waals surface area contributed by atoms with E-state index < -0.39 is 6.10 Å². The highest BCUT2D eigenvalue weighted by molar-refractivity contribution is 9.10. The summed E-state index contributed by atoms with van der Waals surface area (Å²) in [7, 11) is 3.74. The molecular formula is C21H25BrN6O2. The first-order valence-electron chi connectivity index (χ1n) is 9.43. The first kappa shape index (κ1) is 22.0. The van der Waals surface area contributed by atoms with Crippen LogP contribution in [0.1, 0.15) is 0 Å². The van der Waals surface area contributed by atoms with Crippen LogP contribution in [0, 0.1) is 0 Å². The number of hydrazine groups is 1. The Hall–Kier alpha value is -2.72. The number of aliphatic hydroxyl groups is 1. The third-order valence-corrected chi connectivity index (χ3v) is 4.56. The van der Waals surface area contributed by atoms with Crippen molar-refractivity contribution in [3.8, 4) is 5.75 Å². The summed E-state index contributed by atoms with van der Waals surface area (Å²) in [5.41, 5.74) is 4.77. The van der Waals surface area contributed by atoms with Crippen molar-refractivity contribution in [1.82, 2.24) is 20.4 Å². The van der Waals surface area contributed by atoms with Gasteiger partial charge in [0.15, 0.2) is 0 Å². The molecule has 3 rings (SSSR count). The van der Waals surface area contributed by atoms with Gasteiger partial charge in [0.05, 0.1) is 4.47 Å². The van der Waals surface area contributed by atoms with Crippen LogP contribution in [0.2, 0.25) is 0 Å². The normalized spacial score (nSPS) is 11.9. The molecule has 0 fully saturated rings. The van der Waals surface area contributed by atoms with Crippen molar-refractivity contribution in [3.63, 3.8) is 0 Å². The Morgan fingerprint density at radius 2 is 1.73 bits per heavy atom. The van der Waals surface area contributed by atoms with Crippen molar-refractivity contribution in [2.45, 2.75) is 6.10 Å². The minimum absolute atomic E-state index is 0.206. The van der Waals surface area contributed by atoms with Crippen molar-refractivity contribution in [1.29, 1.82) is 0 Å². The van der Waals surface area contributed by atoms with E-state index in [9.17, 15) is 5.11 Å². The third kappa shape index (κ3) is 6.96. The molecule has 0 aliphatic carbocycles. The number of ether oxygens (including phenoxy) is 1. The molecule has 4 N–H and O–H groups in total. The molecule has 1 aromatic heterocycles. The molecule has 1 heterocycles. The molecule has 9 heteroatoms. The zero-order valence-electron chi connectivity index (χ0n) is 16.8. The number of aromatic nitrogens is 2. The number of anilines is 4. The van der Waals surface area contributed by atoms with Gasteiger partial charge in [-0.2, -0.15) is 4.98 Å². The van der Waals surface area contributed by atoms with Crippen LogP contribution in [-0.2, 0) is 0 Å². The Labute approximate surface area is 184 Å². The molecule has 0 saturated carbocycles. The Morgan fingerprint density at radius 1 is 1.03 bits per heavy atom. The molecule has 8 nitrogen and oxygen atoms in total. The van der Waals surface area contributed by atoms with Crippen molar-refractivity contribution in [3.05, 3.63) is 65.3 Å². The average Bonchev–Trinajstić information content (AvgIpc) is 2.75. The number of para-hydroxylation sites is 1. The van der Waals surface area contributed by atoms with E-state index in [1.54, 1.807) is 11.2 Å². The summed E-state index contributed by atoms with van der Waals surface area (Å²) in [5, 5.41) is 18.1. The Bertz CT molecular complexity index is 925. The molecular weight excluding hydrogens is 448 g/mol. The third-order valence-electron chi connectivity index (χ3n) is 3.98.